The number of benzene rings is 2. The number of rotatable bonds is 7. The van der Waals surface area contributed by atoms with E-state index in [1.165, 1.54) is 6.92 Å². The van der Waals surface area contributed by atoms with Crippen LogP contribution in [0.5, 0.6) is 0 Å². The van der Waals surface area contributed by atoms with Crippen LogP contribution in [0.1, 0.15) is 29.8 Å². The lowest BCUT2D eigenvalue weighted by molar-refractivity contribution is -0.116. The molecular weight excluding hydrogens is 380 g/mol. The fourth-order valence-corrected chi connectivity index (χ4v) is 4.00. The number of ether oxygens (including phenoxy) is 1. The molecule has 0 aromatic heterocycles. The van der Waals surface area contributed by atoms with Crippen LogP contribution in [0.15, 0.2) is 48.5 Å². The number of anilines is 2. The van der Waals surface area contributed by atoms with E-state index in [0.717, 1.165) is 10.6 Å². The van der Waals surface area contributed by atoms with Gasteiger partial charge in [-0.1, -0.05) is 24.3 Å². The Bertz CT molecular complexity index is 958. The van der Waals surface area contributed by atoms with Crippen LogP contribution in [-0.2, 0) is 19.6 Å². The lowest BCUT2D eigenvalue weighted by Gasteiger charge is -2.28. The molecule has 150 valence electrons. The number of carbonyl (C=O) groups excluding carboxylic acids is 2. The van der Waals surface area contributed by atoms with E-state index >= 15 is 0 Å². The predicted molar refractivity (Wildman–Crippen MR) is 109 cm³/mol. The third-order valence-corrected chi connectivity index (χ3v) is 5.43. The van der Waals surface area contributed by atoms with Gasteiger partial charge in [-0.2, -0.15) is 0 Å². The highest BCUT2D eigenvalue weighted by atomic mass is 32.2. The van der Waals surface area contributed by atoms with E-state index in [-0.39, 0.29) is 6.61 Å². The standard InChI is InChI=1S/C20H24N2O5S/c1-5-27-20(24)17-12-9-13-18(14(17)2)21-19(23)15(3)22(28(4,25)26)16-10-7-6-8-11-16/h6-13,15H,5H2,1-4H3,(H,21,23)/t15-/m1/s1. The van der Waals surface area contributed by atoms with Crippen LogP contribution in [0.2, 0.25) is 0 Å². The molecule has 2 rings (SSSR count). The van der Waals surface area contributed by atoms with Crippen molar-refractivity contribution in [2.24, 2.45) is 0 Å². The normalized spacial score (nSPS) is 12.1. The summed E-state index contributed by atoms with van der Waals surface area (Å²) < 4.78 is 30.7. The van der Waals surface area contributed by atoms with Gasteiger partial charge in [0.15, 0.2) is 0 Å². The van der Waals surface area contributed by atoms with Crippen molar-refractivity contribution in [3.63, 3.8) is 0 Å². The first-order valence-corrected chi connectivity index (χ1v) is 10.6. The first-order chi connectivity index (χ1) is 13.2. The van der Waals surface area contributed by atoms with Gasteiger partial charge in [0.25, 0.3) is 0 Å². The van der Waals surface area contributed by atoms with Gasteiger partial charge < -0.3 is 10.1 Å². The molecule has 2 aromatic rings. The number of hydrogen-bond donors (Lipinski definition) is 1. The Hall–Kier alpha value is -2.87. The van der Waals surface area contributed by atoms with Crippen LogP contribution < -0.4 is 9.62 Å². The molecule has 1 N–H and O–H groups in total. The Morgan fingerprint density at radius 2 is 1.75 bits per heavy atom. The van der Waals surface area contributed by atoms with Crippen molar-refractivity contribution in [2.75, 3.05) is 22.5 Å². The monoisotopic (exact) mass is 404 g/mol. The highest BCUT2D eigenvalue weighted by molar-refractivity contribution is 7.92. The molecule has 7 nitrogen and oxygen atoms in total. The van der Waals surface area contributed by atoms with Gasteiger partial charge >= 0.3 is 5.97 Å². The number of esters is 1. The number of carbonyl (C=O) groups is 2. The Labute approximate surface area is 165 Å². The summed E-state index contributed by atoms with van der Waals surface area (Å²) >= 11 is 0. The van der Waals surface area contributed by atoms with Crippen molar-refractivity contribution >= 4 is 33.3 Å². The van der Waals surface area contributed by atoms with Crippen molar-refractivity contribution < 1.29 is 22.7 Å². The minimum Gasteiger partial charge on any atom is -0.462 e. The predicted octanol–water partition coefficient (Wildman–Crippen LogP) is 2.96. The quantitative estimate of drug-likeness (QED) is 0.716. The minimum atomic E-state index is -3.70. The van der Waals surface area contributed by atoms with Crippen molar-refractivity contribution in [1.82, 2.24) is 0 Å². The molecule has 8 heteroatoms. The molecule has 1 atom stereocenters. The number of hydrogen-bond acceptors (Lipinski definition) is 5. The topological polar surface area (TPSA) is 92.8 Å². The molecule has 2 aromatic carbocycles. The van der Waals surface area contributed by atoms with E-state index in [1.54, 1.807) is 62.4 Å². The van der Waals surface area contributed by atoms with Crippen molar-refractivity contribution in [3.05, 3.63) is 59.7 Å². The molecule has 0 heterocycles. The van der Waals surface area contributed by atoms with Crippen LogP contribution in [0, 0.1) is 6.92 Å². The summed E-state index contributed by atoms with van der Waals surface area (Å²) in [6, 6.07) is 12.3. The van der Waals surface area contributed by atoms with E-state index in [9.17, 15) is 18.0 Å². The maximum absolute atomic E-state index is 12.8. The zero-order valence-corrected chi connectivity index (χ0v) is 17.1. The van der Waals surface area contributed by atoms with Crippen LogP contribution >= 0.6 is 0 Å². The lowest BCUT2D eigenvalue weighted by atomic mass is 10.1. The largest absolute Gasteiger partial charge is 0.462 e. The average molecular weight is 404 g/mol. The summed E-state index contributed by atoms with van der Waals surface area (Å²) in [6.07, 6.45) is 1.05. The smallest absolute Gasteiger partial charge is 0.338 e. The van der Waals surface area contributed by atoms with E-state index in [0.29, 0.717) is 22.5 Å². The second kappa shape index (κ2) is 8.88. The summed E-state index contributed by atoms with van der Waals surface area (Å²) in [5.74, 6) is -0.996. The molecule has 0 bridgehead atoms. The number of nitrogens with one attached hydrogen (secondary N) is 1. The Balaban J connectivity index is 2.31. The number of amides is 1. The van der Waals surface area contributed by atoms with Crippen molar-refractivity contribution in [3.8, 4) is 0 Å². The van der Waals surface area contributed by atoms with E-state index in [1.807, 2.05) is 0 Å². The van der Waals surface area contributed by atoms with Gasteiger partial charge in [0.1, 0.15) is 6.04 Å². The number of para-hydroxylation sites is 1. The fraction of sp³-hybridized carbons (Fsp3) is 0.300. The van der Waals surface area contributed by atoms with Crippen LogP contribution in [0.3, 0.4) is 0 Å². The van der Waals surface area contributed by atoms with E-state index in [4.69, 9.17) is 4.74 Å². The number of sulfonamides is 1. The Morgan fingerprint density at radius 3 is 2.32 bits per heavy atom. The second-order valence-electron chi connectivity index (χ2n) is 6.26. The SMILES string of the molecule is CCOC(=O)c1cccc(NC(=O)[C@@H](C)N(c2ccccc2)S(C)(=O)=O)c1C. The summed E-state index contributed by atoms with van der Waals surface area (Å²) in [7, 11) is -3.70. The van der Waals surface area contributed by atoms with Crippen molar-refractivity contribution in [2.45, 2.75) is 26.8 Å². The molecule has 0 aliphatic rings. The highest BCUT2D eigenvalue weighted by Crippen LogP contribution is 2.23. The second-order valence-corrected chi connectivity index (χ2v) is 8.12. The molecule has 0 saturated heterocycles. The molecule has 0 saturated carbocycles. The van der Waals surface area contributed by atoms with Crippen LogP contribution in [0.25, 0.3) is 0 Å². The summed E-state index contributed by atoms with van der Waals surface area (Å²) in [5, 5.41) is 2.72. The summed E-state index contributed by atoms with van der Waals surface area (Å²) in [6.45, 7) is 5.15. The maximum Gasteiger partial charge on any atom is 0.338 e. The Morgan fingerprint density at radius 1 is 1.11 bits per heavy atom. The Kier molecular flexibility index (Phi) is 6.80. The molecular formula is C20H24N2O5S. The zero-order valence-electron chi connectivity index (χ0n) is 16.3. The van der Waals surface area contributed by atoms with Gasteiger partial charge in [0, 0.05) is 5.69 Å². The van der Waals surface area contributed by atoms with E-state index < -0.39 is 27.9 Å². The molecule has 0 unspecified atom stereocenters. The van der Waals surface area contributed by atoms with Gasteiger partial charge in [-0.15, -0.1) is 0 Å². The molecule has 0 aliphatic carbocycles. The van der Waals surface area contributed by atoms with Gasteiger partial charge in [-0.3, -0.25) is 9.10 Å². The highest BCUT2D eigenvalue weighted by Gasteiger charge is 2.29. The van der Waals surface area contributed by atoms with Crippen LogP contribution in [-0.4, -0.2) is 39.2 Å². The molecule has 0 spiro atoms. The average Bonchev–Trinajstić information content (AvgIpc) is 2.63. The third kappa shape index (κ3) is 4.89. The maximum atomic E-state index is 12.8. The van der Waals surface area contributed by atoms with E-state index in [2.05, 4.69) is 5.32 Å². The van der Waals surface area contributed by atoms with Crippen LogP contribution in [0.4, 0.5) is 11.4 Å². The third-order valence-electron chi connectivity index (χ3n) is 4.19. The molecule has 1 amide bonds. The first-order valence-electron chi connectivity index (χ1n) is 8.78. The molecule has 28 heavy (non-hydrogen) atoms. The summed E-state index contributed by atoms with van der Waals surface area (Å²) in [5.41, 5.74) is 1.70. The molecule has 0 fully saturated rings. The van der Waals surface area contributed by atoms with Gasteiger partial charge in [0.05, 0.1) is 24.1 Å². The number of nitrogens with zero attached hydrogens (tertiary/aromatic N) is 1. The molecule has 0 radical (unpaired) electrons. The van der Waals surface area contributed by atoms with Crippen molar-refractivity contribution in [1.29, 1.82) is 0 Å². The molecule has 0 aliphatic heterocycles. The minimum absolute atomic E-state index is 0.242. The summed E-state index contributed by atoms with van der Waals surface area (Å²) in [4.78, 5) is 24.8. The van der Waals surface area contributed by atoms with Gasteiger partial charge in [-0.25, -0.2) is 13.2 Å². The van der Waals surface area contributed by atoms with Gasteiger partial charge in [0.2, 0.25) is 15.9 Å². The first kappa shape index (κ1) is 21.4. The fourth-order valence-electron chi connectivity index (χ4n) is 2.82. The lowest BCUT2D eigenvalue weighted by Crippen LogP contribution is -2.45. The zero-order chi connectivity index (χ0) is 20.9. The van der Waals surface area contributed by atoms with Gasteiger partial charge in [-0.05, 0) is 50.6 Å².